The topological polar surface area (TPSA) is 55.1 Å². The molecule has 1 aromatic rings. The summed E-state index contributed by atoms with van der Waals surface area (Å²) in [6.45, 7) is 0. The zero-order valence-electron chi connectivity index (χ0n) is 10.6. The zero-order valence-corrected chi connectivity index (χ0v) is 10.6. The number of anilines is 1. The van der Waals surface area contributed by atoms with E-state index in [2.05, 4.69) is 17.4 Å². The molecule has 96 valence electrons. The lowest BCUT2D eigenvalue weighted by Crippen LogP contribution is -2.22. The maximum absolute atomic E-state index is 11.3. The summed E-state index contributed by atoms with van der Waals surface area (Å²) in [6.07, 6.45) is 6.59. The van der Waals surface area contributed by atoms with Gasteiger partial charge in [-0.15, -0.1) is 0 Å². The Morgan fingerprint density at radius 1 is 1.22 bits per heavy atom. The molecule has 1 fully saturated rings. The van der Waals surface area contributed by atoms with E-state index in [-0.39, 0.29) is 11.9 Å². The Bertz CT molecular complexity index is 464. The maximum atomic E-state index is 11.3. The van der Waals surface area contributed by atoms with Gasteiger partial charge in [0.2, 0.25) is 5.91 Å². The number of amides is 1. The minimum absolute atomic E-state index is 0.121. The Morgan fingerprint density at radius 3 is 2.78 bits per heavy atom. The van der Waals surface area contributed by atoms with Crippen LogP contribution in [0.1, 0.15) is 49.3 Å². The molecular formula is C15H20N2O. The number of hydrogen-bond acceptors (Lipinski definition) is 2. The van der Waals surface area contributed by atoms with E-state index in [0.717, 1.165) is 12.1 Å². The number of hydrogen-bond donors (Lipinski definition) is 2. The van der Waals surface area contributed by atoms with Crippen LogP contribution < -0.4 is 11.1 Å². The molecule has 1 aliphatic carbocycles. The van der Waals surface area contributed by atoms with Gasteiger partial charge in [-0.25, -0.2) is 0 Å². The van der Waals surface area contributed by atoms with Gasteiger partial charge in [0, 0.05) is 18.2 Å². The molecule has 0 radical (unpaired) electrons. The summed E-state index contributed by atoms with van der Waals surface area (Å²) in [5.74, 6) is 0.761. The van der Waals surface area contributed by atoms with E-state index in [0.29, 0.717) is 12.3 Å². The molecule has 3 nitrogen and oxygen atoms in total. The molecule has 1 aromatic carbocycles. The molecular weight excluding hydrogens is 224 g/mol. The van der Waals surface area contributed by atoms with Crippen molar-refractivity contribution in [3.05, 3.63) is 29.3 Å². The molecule has 18 heavy (non-hydrogen) atoms. The molecule has 2 aliphatic rings. The van der Waals surface area contributed by atoms with E-state index < -0.39 is 0 Å². The predicted molar refractivity (Wildman–Crippen MR) is 72.3 cm³/mol. The Kier molecular flexibility index (Phi) is 3.08. The number of fused-ring (bicyclic) bond motifs is 1. The summed E-state index contributed by atoms with van der Waals surface area (Å²) in [6, 6.07) is 6.44. The van der Waals surface area contributed by atoms with E-state index in [1.807, 2.05) is 6.07 Å². The summed E-state index contributed by atoms with van der Waals surface area (Å²) >= 11 is 0. The lowest BCUT2D eigenvalue weighted by Gasteiger charge is -2.23. The van der Waals surface area contributed by atoms with E-state index in [1.165, 1.54) is 36.8 Å². The highest BCUT2D eigenvalue weighted by Crippen LogP contribution is 2.35. The highest BCUT2D eigenvalue weighted by atomic mass is 16.1. The third kappa shape index (κ3) is 2.15. The Balaban J connectivity index is 1.83. The highest BCUT2D eigenvalue weighted by molar-refractivity contribution is 5.93. The number of nitrogens with two attached hydrogens (primary N) is 1. The quantitative estimate of drug-likeness (QED) is 0.840. The molecule has 0 saturated heterocycles. The second kappa shape index (κ2) is 4.73. The van der Waals surface area contributed by atoms with Gasteiger partial charge in [0.1, 0.15) is 0 Å². The number of benzene rings is 1. The third-order valence-electron chi connectivity index (χ3n) is 4.32. The van der Waals surface area contributed by atoms with Gasteiger partial charge in [0.05, 0.1) is 0 Å². The van der Waals surface area contributed by atoms with Crippen molar-refractivity contribution in [1.82, 2.24) is 0 Å². The van der Waals surface area contributed by atoms with Gasteiger partial charge in [-0.2, -0.15) is 0 Å². The molecule has 0 aromatic heterocycles. The fourth-order valence-corrected chi connectivity index (χ4v) is 3.20. The van der Waals surface area contributed by atoms with Crippen LogP contribution in [0.15, 0.2) is 18.2 Å². The molecule has 1 heterocycles. The molecule has 1 saturated carbocycles. The third-order valence-corrected chi connectivity index (χ3v) is 4.32. The molecule has 3 rings (SSSR count). The van der Waals surface area contributed by atoms with Crippen molar-refractivity contribution in [2.24, 2.45) is 11.7 Å². The summed E-state index contributed by atoms with van der Waals surface area (Å²) in [7, 11) is 0. The summed E-state index contributed by atoms with van der Waals surface area (Å²) in [5, 5.41) is 2.92. The van der Waals surface area contributed by atoms with Gasteiger partial charge in [-0.05, 0) is 42.4 Å². The van der Waals surface area contributed by atoms with Crippen LogP contribution in [0.5, 0.6) is 0 Å². The molecule has 1 aliphatic heterocycles. The number of carbonyl (C=O) groups is 1. The van der Waals surface area contributed by atoms with Crippen LogP contribution in [0, 0.1) is 5.92 Å². The van der Waals surface area contributed by atoms with Crippen molar-refractivity contribution in [1.29, 1.82) is 0 Å². The Hall–Kier alpha value is -1.35. The summed E-state index contributed by atoms with van der Waals surface area (Å²) < 4.78 is 0. The number of nitrogens with one attached hydrogen (secondary N) is 1. The van der Waals surface area contributed by atoms with Crippen molar-refractivity contribution >= 4 is 11.6 Å². The Labute approximate surface area is 108 Å². The summed E-state index contributed by atoms with van der Waals surface area (Å²) in [4.78, 5) is 11.3. The number of aryl methyl sites for hydroxylation is 1. The molecule has 1 unspecified atom stereocenters. The average Bonchev–Trinajstić information content (AvgIpc) is 2.91. The van der Waals surface area contributed by atoms with Crippen LogP contribution in [0.3, 0.4) is 0 Å². The van der Waals surface area contributed by atoms with Crippen LogP contribution in [0.25, 0.3) is 0 Å². The average molecular weight is 244 g/mol. The monoisotopic (exact) mass is 244 g/mol. The van der Waals surface area contributed by atoms with Gasteiger partial charge in [-0.3, -0.25) is 4.79 Å². The fraction of sp³-hybridized carbons (Fsp3) is 0.533. The first-order valence-corrected chi connectivity index (χ1v) is 6.92. The normalized spacial score (nSPS) is 21.5. The lowest BCUT2D eigenvalue weighted by molar-refractivity contribution is -0.116. The first-order valence-electron chi connectivity index (χ1n) is 6.92. The molecule has 3 N–H and O–H groups in total. The van der Waals surface area contributed by atoms with Crippen LogP contribution in [-0.2, 0) is 11.2 Å². The van der Waals surface area contributed by atoms with Crippen molar-refractivity contribution in [2.45, 2.75) is 44.6 Å². The van der Waals surface area contributed by atoms with Crippen LogP contribution in [0.2, 0.25) is 0 Å². The van der Waals surface area contributed by atoms with Gasteiger partial charge >= 0.3 is 0 Å². The van der Waals surface area contributed by atoms with Crippen molar-refractivity contribution < 1.29 is 4.79 Å². The SMILES string of the molecule is NC(c1ccc2c(c1)CCC(=O)N2)C1CCCC1. The van der Waals surface area contributed by atoms with Crippen LogP contribution in [0.4, 0.5) is 5.69 Å². The van der Waals surface area contributed by atoms with Gasteiger partial charge in [0.15, 0.2) is 0 Å². The van der Waals surface area contributed by atoms with Crippen molar-refractivity contribution in [3.63, 3.8) is 0 Å². The van der Waals surface area contributed by atoms with Crippen molar-refractivity contribution in [3.8, 4) is 0 Å². The van der Waals surface area contributed by atoms with Crippen LogP contribution >= 0.6 is 0 Å². The molecule has 3 heteroatoms. The second-order valence-electron chi connectivity index (χ2n) is 5.54. The Morgan fingerprint density at radius 2 is 2.00 bits per heavy atom. The smallest absolute Gasteiger partial charge is 0.224 e. The van der Waals surface area contributed by atoms with Gasteiger partial charge in [-0.1, -0.05) is 25.0 Å². The first-order chi connectivity index (χ1) is 8.74. The summed E-state index contributed by atoms with van der Waals surface area (Å²) in [5.41, 5.74) is 9.81. The molecule has 1 amide bonds. The largest absolute Gasteiger partial charge is 0.326 e. The highest BCUT2D eigenvalue weighted by Gasteiger charge is 2.24. The molecule has 0 bridgehead atoms. The molecule has 0 spiro atoms. The standard InChI is InChI=1S/C15H20N2O/c16-15(10-3-1-2-4-10)12-5-7-13-11(9-12)6-8-14(18)17-13/h5,7,9-10,15H,1-4,6,8,16H2,(H,17,18). The van der Waals surface area contributed by atoms with E-state index >= 15 is 0 Å². The minimum atomic E-state index is 0.121. The van der Waals surface area contributed by atoms with Crippen molar-refractivity contribution in [2.75, 3.05) is 5.32 Å². The van der Waals surface area contributed by atoms with E-state index in [9.17, 15) is 4.79 Å². The minimum Gasteiger partial charge on any atom is -0.326 e. The fourth-order valence-electron chi connectivity index (χ4n) is 3.20. The molecule has 1 atom stereocenters. The zero-order chi connectivity index (χ0) is 12.5. The van der Waals surface area contributed by atoms with Crippen LogP contribution in [-0.4, -0.2) is 5.91 Å². The first kappa shape index (κ1) is 11.7. The maximum Gasteiger partial charge on any atom is 0.224 e. The van der Waals surface area contributed by atoms with Gasteiger partial charge < -0.3 is 11.1 Å². The van der Waals surface area contributed by atoms with E-state index in [1.54, 1.807) is 0 Å². The second-order valence-corrected chi connectivity index (χ2v) is 5.54. The number of rotatable bonds is 2. The number of carbonyl (C=O) groups excluding carboxylic acids is 1. The lowest BCUT2D eigenvalue weighted by atomic mass is 9.90. The predicted octanol–water partition coefficient (Wildman–Crippen LogP) is 2.76. The van der Waals surface area contributed by atoms with Gasteiger partial charge in [0.25, 0.3) is 0 Å². The van der Waals surface area contributed by atoms with E-state index in [4.69, 9.17) is 5.73 Å².